The summed E-state index contributed by atoms with van der Waals surface area (Å²) in [5, 5.41) is 1.23. The molecule has 0 radical (unpaired) electrons. The summed E-state index contributed by atoms with van der Waals surface area (Å²) in [7, 11) is 0. The largest absolute Gasteiger partial charge is 0.384 e. The van der Waals surface area contributed by atoms with Crippen LogP contribution in [0.3, 0.4) is 0 Å². The molecule has 0 atom stereocenters. The molecule has 2 aromatic rings. The molecule has 1 aromatic heterocycles. The van der Waals surface area contributed by atoms with Crippen LogP contribution < -0.4 is 5.73 Å². The van der Waals surface area contributed by atoms with Crippen LogP contribution in [0.15, 0.2) is 45.4 Å². The van der Waals surface area contributed by atoms with Crippen LogP contribution in [0.4, 0.5) is 10.2 Å². The Morgan fingerprint density at radius 3 is 2.71 bits per heavy atom. The van der Waals surface area contributed by atoms with E-state index < -0.39 is 0 Å². The third-order valence-electron chi connectivity index (χ3n) is 1.94. The maximum absolute atomic E-state index is 13.5. The lowest BCUT2D eigenvalue weighted by Gasteiger charge is -2.04. The number of thioether (sulfide) groups is 1. The second-order valence-corrected chi connectivity index (χ2v) is 4.99. The topological polar surface area (TPSA) is 51.8 Å². The number of anilines is 1. The number of halogens is 1. The molecule has 0 saturated heterocycles. The zero-order valence-electron chi connectivity index (χ0n) is 9.05. The molecule has 6 heteroatoms. The van der Waals surface area contributed by atoms with Crippen molar-refractivity contribution in [2.75, 3.05) is 12.0 Å². The van der Waals surface area contributed by atoms with Gasteiger partial charge in [0.1, 0.15) is 16.7 Å². The summed E-state index contributed by atoms with van der Waals surface area (Å²) in [5.74, 6) is 0.128. The van der Waals surface area contributed by atoms with Gasteiger partial charge >= 0.3 is 0 Å². The molecule has 0 spiro atoms. The van der Waals surface area contributed by atoms with Gasteiger partial charge in [-0.3, -0.25) is 0 Å². The number of nitrogens with two attached hydrogens (primary N) is 1. The van der Waals surface area contributed by atoms with Gasteiger partial charge in [-0.15, -0.1) is 0 Å². The summed E-state index contributed by atoms with van der Waals surface area (Å²) in [6, 6.07) is 8.20. The minimum atomic E-state index is -0.264. The average molecular weight is 267 g/mol. The lowest BCUT2D eigenvalue weighted by atomic mass is 10.3. The van der Waals surface area contributed by atoms with E-state index in [-0.39, 0.29) is 5.82 Å². The van der Waals surface area contributed by atoms with E-state index in [0.29, 0.717) is 20.9 Å². The van der Waals surface area contributed by atoms with Crippen molar-refractivity contribution >= 4 is 29.3 Å². The van der Waals surface area contributed by atoms with Crippen LogP contribution >= 0.6 is 23.5 Å². The molecular formula is C11H10FN3S2. The van der Waals surface area contributed by atoms with E-state index in [0.717, 1.165) is 0 Å². The highest BCUT2D eigenvalue weighted by molar-refractivity contribution is 7.99. The first-order valence-corrected chi connectivity index (χ1v) is 6.84. The molecule has 0 saturated carbocycles. The van der Waals surface area contributed by atoms with Gasteiger partial charge in [-0.25, -0.2) is 14.4 Å². The molecule has 0 aliphatic carbocycles. The standard InChI is InChI=1S/C11H10FN3S2/c1-16-11-14-9(13)6-10(15-11)17-8-5-3-2-4-7(8)12/h2-6H,1H3,(H2,13,14,15). The summed E-state index contributed by atoms with van der Waals surface area (Å²) in [5.41, 5.74) is 5.66. The van der Waals surface area contributed by atoms with E-state index in [4.69, 9.17) is 5.73 Å². The summed E-state index contributed by atoms with van der Waals surface area (Å²) in [4.78, 5) is 8.82. The van der Waals surface area contributed by atoms with Crippen molar-refractivity contribution in [3.05, 3.63) is 36.1 Å². The van der Waals surface area contributed by atoms with E-state index in [1.807, 2.05) is 6.26 Å². The quantitative estimate of drug-likeness (QED) is 0.526. The Morgan fingerprint density at radius 2 is 2.00 bits per heavy atom. The van der Waals surface area contributed by atoms with Gasteiger partial charge in [-0.1, -0.05) is 35.7 Å². The Bertz CT molecular complexity index is 534. The van der Waals surface area contributed by atoms with Crippen molar-refractivity contribution in [2.24, 2.45) is 0 Å². The molecule has 2 N–H and O–H groups in total. The Hall–Kier alpha value is -1.27. The smallest absolute Gasteiger partial charge is 0.190 e. The number of aromatic nitrogens is 2. The van der Waals surface area contributed by atoms with Gasteiger partial charge in [0.2, 0.25) is 0 Å². The first-order valence-electron chi connectivity index (χ1n) is 4.80. The van der Waals surface area contributed by atoms with Crippen molar-refractivity contribution in [3.63, 3.8) is 0 Å². The second-order valence-electron chi connectivity index (χ2n) is 3.15. The summed E-state index contributed by atoms with van der Waals surface area (Å²) >= 11 is 2.64. The van der Waals surface area contributed by atoms with Crippen molar-refractivity contribution in [1.82, 2.24) is 9.97 Å². The van der Waals surface area contributed by atoms with Gasteiger partial charge in [0, 0.05) is 11.0 Å². The number of hydrogen-bond donors (Lipinski definition) is 1. The summed E-state index contributed by atoms with van der Waals surface area (Å²) < 4.78 is 13.5. The molecule has 17 heavy (non-hydrogen) atoms. The molecule has 0 bridgehead atoms. The number of hydrogen-bond acceptors (Lipinski definition) is 5. The highest BCUT2D eigenvalue weighted by Crippen LogP contribution is 2.29. The van der Waals surface area contributed by atoms with Gasteiger partial charge in [-0.05, 0) is 18.4 Å². The molecule has 0 unspecified atom stereocenters. The molecular weight excluding hydrogens is 257 g/mol. The monoisotopic (exact) mass is 267 g/mol. The Labute approximate surface area is 107 Å². The first-order chi connectivity index (χ1) is 8.19. The van der Waals surface area contributed by atoms with Crippen LogP contribution in [0.2, 0.25) is 0 Å². The van der Waals surface area contributed by atoms with Crippen LogP contribution in [0, 0.1) is 5.82 Å². The highest BCUT2D eigenvalue weighted by Gasteiger charge is 2.07. The van der Waals surface area contributed by atoms with Crippen molar-refractivity contribution in [2.45, 2.75) is 15.1 Å². The van der Waals surface area contributed by atoms with E-state index in [2.05, 4.69) is 9.97 Å². The van der Waals surface area contributed by atoms with E-state index in [1.165, 1.54) is 29.6 Å². The lowest BCUT2D eigenvalue weighted by Crippen LogP contribution is -1.95. The van der Waals surface area contributed by atoms with Crippen LogP contribution in [0.5, 0.6) is 0 Å². The number of nitrogen functional groups attached to an aromatic ring is 1. The predicted molar refractivity (Wildman–Crippen MR) is 68.7 cm³/mol. The molecule has 1 heterocycles. The van der Waals surface area contributed by atoms with Gasteiger partial charge < -0.3 is 5.73 Å². The maximum Gasteiger partial charge on any atom is 0.190 e. The fraction of sp³-hybridized carbons (Fsp3) is 0.0909. The molecule has 2 rings (SSSR count). The fourth-order valence-electron chi connectivity index (χ4n) is 1.20. The van der Waals surface area contributed by atoms with E-state index in [9.17, 15) is 4.39 Å². The first kappa shape index (κ1) is 12.2. The van der Waals surface area contributed by atoms with Gasteiger partial charge in [0.05, 0.1) is 0 Å². The molecule has 88 valence electrons. The fourth-order valence-corrected chi connectivity index (χ4v) is 2.50. The van der Waals surface area contributed by atoms with E-state index in [1.54, 1.807) is 24.3 Å². The lowest BCUT2D eigenvalue weighted by molar-refractivity contribution is 0.602. The molecule has 0 fully saturated rings. The Kier molecular flexibility index (Phi) is 3.86. The van der Waals surface area contributed by atoms with Crippen molar-refractivity contribution < 1.29 is 4.39 Å². The van der Waals surface area contributed by atoms with E-state index >= 15 is 0 Å². The number of benzene rings is 1. The summed E-state index contributed by atoms with van der Waals surface area (Å²) in [6.45, 7) is 0. The normalized spacial score (nSPS) is 10.5. The minimum absolute atomic E-state index is 0.264. The van der Waals surface area contributed by atoms with Gasteiger partial charge in [0.15, 0.2) is 5.16 Å². The Balaban J connectivity index is 2.30. The number of nitrogens with zero attached hydrogens (tertiary/aromatic N) is 2. The van der Waals surface area contributed by atoms with Crippen LogP contribution in [-0.4, -0.2) is 16.2 Å². The molecule has 0 aliphatic heterocycles. The van der Waals surface area contributed by atoms with Crippen LogP contribution in [0.1, 0.15) is 0 Å². The van der Waals surface area contributed by atoms with Crippen molar-refractivity contribution in [3.8, 4) is 0 Å². The second kappa shape index (κ2) is 5.37. The Morgan fingerprint density at radius 1 is 1.24 bits per heavy atom. The molecule has 0 amide bonds. The third-order valence-corrected chi connectivity index (χ3v) is 3.45. The predicted octanol–water partition coefficient (Wildman–Crippen LogP) is 3.07. The zero-order valence-corrected chi connectivity index (χ0v) is 10.7. The SMILES string of the molecule is CSc1nc(N)cc(Sc2ccccc2F)n1. The third kappa shape index (κ3) is 3.10. The van der Waals surface area contributed by atoms with Crippen LogP contribution in [-0.2, 0) is 0 Å². The summed E-state index contributed by atoms with van der Waals surface area (Å²) in [6.07, 6.45) is 1.87. The highest BCUT2D eigenvalue weighted by atomic mass is 32.2. The van der Waals surface area contributed by atoms with Gasteiger partial charge in [0.25, 0.3) is 0 Å². The molecule has 1 aromatic carbocycles. The zero-order chi connectivity index (χ0) is 12.3. The van der Waals surface area contributed by atoms with Crippen LogP contribution in [0.25, 0.3) is 0 Å². The van der Waals surface area contributed by atoms with Gasteiger partial charge in [-0.2, -0.15) is 0 Å². The molecule has 3 nitrogen and oxygen atoms in total. The minimum Gasteiger partial charge on any atom is -0.384 e. The maximum atomic E-state index is 13.5. The average Bonchev–Trinajstić information content (AvgIpc) is 2.31. The number of rotatable bonds is 3. The molecule has 0 aliphatic rings. The van der Waals surface area contributed by atoms with Crippen molar-refractivity contribution in [1.29, 1.82) is 0 Å².